The minimum atomic E-state index is -4.75. The molecule has 0 fully saturated rings. The zero-order chi connectivity index (χ0) is 44.2. The van der Waals surface area contributed by atoms with Crippen molar-refractivity contribution in [3.05, 3.63) is 97.2 Å². The highest BCUT2D eigenvalue weighted by Gasteiger charge is 2.28. The summed E-state index contributed by atoms with van der Waals surface area (Å²) in [5, 5.41) is 8.89. The van der Waals surface area contributed by atoms with Crippen LogP contribution in [-0.4, -0.2) is 59.9 Å². The molecule has 0 aliphatic heterocycles. The largest absolute Gasteiger partial charge is 0.480 e. The Morgan fingerprint density at radius 1 is 0.517 bits per heavy atom. The van der Waals surface area contributed by atoms with Gasteiger partial charge in [0.2, 0.25) is 0 Å². The summed E-state index contributed by atoms with van der Waals surface area (Å²) in [7, 11) is -4.75. The number of nitrogens with two attached hydrogens (primary N) is 1. The van der Waals surface area contributed by atoms with Gasteiger partial charge >= 0.3 is 25.7 Å². The molecule has 0 amide bonds. The lowest BCUT2D eigenvalue weighted by Gasteiger charge is -2.20. The number of esters is 2. The second-order valence-corrected chi connectivity index (χ2v) is 15.9. The fourth-order valence-electron chi connectivity index (χ4n) is 5.30. The molecule has 11 nitrogen and oxygen atoms in total. The van der Waals surface area contributed by atoms with Crippen molar-refractivity contribution < 1.29 is 47.5 Å². The van der Waals surface area contributed by atoms with Gasteiger partial charge in [0.25, 0.3) is 0 Å². The lowest BCUT2D eigenvalue weighted by molar-refractivity contribution is -0.161. The van der Waals surface area contributed by atoms with E-state index in [0.717, 1.165) is 44.9 Å². The molecule has 0 saturated carbocycles. The fraction of sp³-hybridized carbons (Fsp3) is 0.604. The molecule has 0 heterocycles. The number of ether oxygens (including phenoxy) is 2. The zero-order valence-electron chi connectivity index (χ0n) is 36.8. The van der Waals surface area contributed by atoms with Gasteiger partial charge < -0.3 is 25.2 Å². The van der Waals surface area contributed by atoms with Gasteiger partial charge in [-0.2, -0.15) is 0 Å². The van der Waals surface area contributed by atoms with E-state index >= 15 is 0 Å². The van der Waals surface area contributed by atoms with E-state index in [4.69, 9.17) is 24.8 Å². The third-order valence-corrected chi connectivity index (χ3v) is 9.77. The molecule has 0 aliphatic carbocycles. The molecular weight excluding hydrogens is 781 g/mol. The first kappa shape index (κ1) is 56.4. The van der Waals surface area contributed by atoms with Gasteiger partial charge in [-0.1, -0.05) is 156 Å². The van der Waals surface area contributed by atoms with Crippen LogP contribution >= 0.6 is 7.82 Å². The Morgan fingerprint density at radius 3 is 1.42 bits per heavy atom. The maximum absolute atomic E-state index is 12.6. The van der Waals surface area contributed by atoms with Crippen molar-refractivity contribution in [1.82, 2.24) is 0 Å². The topological polar surface area (TPSA) is 172 Å². The van der Waals surface area contributed by atoms with Crippen LogP contribution in [0.3, 0.4) is 0 Å². The summed E-state index contributed by atoms with van der Waals surface area (Å²) in [6.07, 6.45) is 53.5. The summed E-state index contributed by atoms with van der Waals surface area (Å²) in [5.74, 6) is -2.56. The summed E-state index contributed by atoms with van der Waals surface area (Å²) in [5.41, 5.74) is 5.33. The molecule has 0 rings (SSSR count). The first-order valence-electron chi connectivity index (χ1n) is 22.3. The Morgan fingerprint density at radius 2 is 0.917 bits per heavy atom. The normalized spacial score (nSPS) is 14.6. The molecule has 0 aromatic carbocycles. The summed E-state index contributed by atoms with van der Waals surface area (Å²) in [6.45, 7) is 2.62. The molecule has 0 aliphatic rings. The van der Waals surface area contributed by atoms with E-state index in [2.05, 4.69) is 91.3 Å². The average Bonchev–Trinajstić information content (AvgIpc) is 3.22. The highest BCUT2D eigenvalue weighted by molar-refractivity contribution is 7.47. The Hall–Kier alpha value is -3.60. The van der Waals surface area contributed by atoms with E-state index in [-0.39, 0.29) is 12.8 Å². The standard InChI is InChI=1S/C48H78NO10P/c1-3-5-7-9-11-13-15-17-19-21-22-24-26-28-30-32-34-36-38-40-47(51)59-44(42-57-60(54,55)58-43-45(49)48(52)53)41-56-46(50)39-37-35-33-31-29-27-25-23-20-18-16-14-12-10-8-6-4-2/h11,13,17-20,22,24-25,27-28,30-31,33-34,36,44-45H,3-10,12,14-16,21,23,26,29,32,35,37-43,49H2,1-2H3,(H,52,53)(H,54,55)/b13-11-,19-17-,20-18-,24-22-,27-25-,30-28-,33-31-,36-34-/t44-,45+/m1/s1. The average molecular weight is 860 g/mol. The molecular formula is C48H78NO10P. The van der Waals surface area contributed by atoms with Crippen LogP contribution in [0.25, 0.3) is 0 Å². The number of carboxylic acid groups (broad SMARTS) is 1. The maximum atomic E-state index is 12.6. The summed E-state index contributed by atoms with van der Waals surface area (Å²) >= 11 is 0. The second-order valence-electron chi connectivity index (χ2n) is 14.5. The maximum Gasteiger partial charge on any atom is 0.472 e. The lowest BCUT2D eigenvalue weighted by atomic mass is 10.1. The van der Waals surface area contributed by atoms with Gasteiger partial charge in [-0.05, 0) is 83.5 Å². The van der Waals surface area contributed by atoms with Crippen LogP contribution in [0.1, 0.15) is 155 Å². The monoisotopic (exact) mass is 860 g/mol. The van der Waals surface area contributed by atoms with Gasteiger partial charge in [-0.25, -0.2) is 4.57 Å². The molecule has 12 heteroatoms. The van der Waals surface area contributed by atoms with Gasteiger partial charge in [-0.15, -0.1) is 0 Å². The molecule has 0 spiro atoms. The molecule has 0 radical (unpaired) electrons. The van der Waals surface area contributed by atoms with E-state index in [0.29, 0.717) is 25.7 Å². The smallest absolute Gasteiger partial charge is 0.472 e. The SMILES string of the molecule is CCCCC/C=C\C/C=C\C/C=C\C/C=C\C/C=C\CCC(=O)O[C@H](COC(=O)CCC/C=C\C/C=C\C/C=C\CCCCCCCC)COP(=O)(O)OC[C@H](N)C(=O)O. The summed E-state index contributed by atoms with van der Waals surface area (Å²) in [6, 6.07) is -1.54. The van der Waals surface area contributed by atoms with Crippen molar-refractivity contribution in [2.24, 2.45) is 5.73 Å². The van der Waals surface area contributed by atoms with E-state index in [1.165, 1.54) is 57.8 Å². The molecule has 1 unspecified atom stereocenters. The highest BCUT2D eigenvalue weighted by atomic mass is 31.2. The van der Waals surface area contributed by atoms with Crippen molar-refractivity contribution >= 4 is 25.7 Å². The third-order valence-electron chi connectivity index (χ3n) is 8.82. The summed E-state index contributed by atoms with van der Waals surface area (Å²) in [4.78, 5) is 45.9. The van der Waals surface area contributed by atoms with E-state index in [1.54, 1.807) is 0 Å². The number of carboxylic acids is 1. The van der Waals surface area contributed by atoms with Crippen LogP contribution in [0.4, 0.5) is 0 Å². The second kappa shape index (κ2) is 42.1. The number of aliphatic carboxylic acids is 1. The van der Waals surface area contributed by atoms with Crippen molar-refractivity contribution in [3.8, 4) is 0 Å². The van der Waals surface area contributed by atoms with Crippen LogP contribution in [0.2, 0.25) is 0 Å². The molecule has 3 atom stereocenters. The van der Waals surface area contributed by atoms with Crippen LogP contribution in [0, 0.1) is 0 Å². The predicted molar refractivity (Wildman–Crippen MR) is 244 cm³/mol. The van der Waals surface area contributed by atoms with Crippen LogP contribution in [0.15, 0.2) is 97.2 Å². The van der Waals surface area contributed by atoms with Gasteiger partial charge in [0.1, 0.15) is 12.6 Å². The Kier molecular flexibility index (Phi) is 39.6. The third kappa shape index (κ3) is 41.1. The van der Waals surface area contributed by atoms with Gasteiger partial charge in [-0.3, -0.25) is 23.4 Å². The molecule has 4 N–H and O–H groups in total. The van der Waals surface area contributed by atoms with Crippen LogP contribution < -0.4 is 5.73 Å². The highest BCUT2D eigenvalue weighted by Crippen LogP contribution is 2.43. The molecule has 0 aromatic heterocycles. The van der Waals surface area contributed by atoms with Gasteiger partial charge in [0.15, 0.2) is 6.10 Å². The molecule has 0 saturated heterocycles. The molecule has 340 valence electrons. The number of hydrogen-bond acceptors (Lipinski definition) is 9. The zero-order valence-corrected chi connectivity index (χ0v) is 37.6. The number of rotatable bonds is 40. The lowest BCUT2D eigenvalue weighted by Crippen LogP contribution is -2.34. The van der Waals surface area contributed by atoms with Gasteiger partial charge in [0.05, 0.1) is 13.2 Å². The Balaban J connectivity index is 4.58. The van der Waals surface area contributed by atoms with E-state index < -0.39 is 57.7 Å². The fourth-order valence-corrected chi connectivity index (χ4v) is 6.08. The van der Waals surface area contributed by atoms with Crippen molar-refractivity contribution in [1.29, 1.82) is 0 Å². The number of carbonyl (C=O) groups is 3. The quantitative estimate of drug-likeness (QED) is 0.0232. The van der Waals surface area contributed by atoms with Crippen LogP contribution in [0.5, 0.6) is 0 Å². The molecule has 60 heavy (non-hydrogen) atoms. The van der Waals surface area contributed by atoms with Crippen molar-refractivity contribution in [2.45, 2.75) is 167 Å². The predicted octanol–water partition coefficient (Wildman–Crippen LogP) is 12.1. The van der Waals surface area contributed by atoms with E-state index in [1.807, 2.05) is 24.3 Å². The minimum absolute atomic E-state index is 0.0216. The van der Waals surface area contributed by atoms with Crippen molar-refractivity contribution in [2.75, 3.05) is 19.8 Å². The number of phosphoric ester groups is 1. The molecule has 0 aromatic rings. The first-order valence-corrected chi connectivity index (χ1v) is 23.8. The number of phosphoric acid groups is 1. The Bertz CT molecular complexity index is 1380. The van der Waals surface area contributed by atoms with Crippen LogP contribution in [-0.2, 0) is 37.5 Å². The van der Waals surface area contributed by atoms with Gasteiger partial charge in [0, 0.05) is 12.8 Å². The summed E-state index contributed by atoms with van der Waals surface area (Å²) < 4.78 is 32.6. The molecule has 0 bridgehead atoms. The van der Waals surface area contributed by atoms with E-state index in [9.17, 15) is 23.8 Å². The number of unbranched alkanes of at least 4 members (excludes halogenated alkanes) is 10. The number of allylic oxidation sites excluding steroid dienone is 16. The minimum Gasteiger partial charge on any atom is -0.480 e. The first-order chi connectivity index (χ1) is 29.1. The number of hydrogen-bond donors (Lipinski definition) is 3. The van der Waals surface area contributed by atoms with Crippen molar-refractivity contribution in [3.63, 3.8) is 0 Å². The Labute approximate surface area is 362 Å². The number of carbonyl (C=O) groups excluding carboxylic acids is 2.